The summed E-state index contributed by atoms with van der Waals surface area (Å²) in [7, 11) is 0. The minimum Gasteiger partial charge on any atom is -0.379 e. The smallest absolute Gasteiger partial charge is 0.120 e. The van der Waals surface area contributed by atoms with Gasteiger partial charge in [-0.15, -0.1) is 0 Å². The van der Waals surface area contributed by atoms with Crippen LogP contribution < -0.4 is 10.6 Å². The third-order valence-corrected chi connectivity index (χ3v) is 13.0. The monoisotopic (exact) mass is 728 g/mol. The van der Waals surface area contributed by atoms with Crippen molar-refractivity contribution in [2.75, 3.05) is 23.7 Å². The molecule has 2 aliphatic heterocycles. The van der Waals surface area contributed by atoms with E-state index in [1.807, 2.05) is 0 Å². The van der Waals surface area contributed by atoms with E-state index < -0.39 is 0 Å². The van der Waals surface area contributed by atoms with Gasteiger partial charge in [0.25, 0.3) is 0 Å². The summed E-state index contributed by atoms with van der Waals surface area (Å²) in [5.74, 6) is 1.14. The van der Waals surface area contributed by atoms with Gasteiger partial charge in [-0.3, -0.25) is 4.57 Å². The summed E-state index contributed by atoms with van der Waals surface area (Å²) >= 11 is 0. The van der Waals surface area contributed by atoms with Gasteiger partial charge >= 0.3 is 0 Å². The van der Waals surface area contributed by atoms with Gasteiger partial charge in [0.15, 0.2) is 0 Å². The Balaban J connectivity index is 0.978. The third-order valence-electron chi connectivity index (χ3n) is 13.0. The van der Waals surface area contributed by atoms with Gasteiger partial charge in [0.1, 0.15) is 5.82 Å². The fraction of sp³-hybridized carbons (Fsp3) is 0.0566. The fourth-order valence-electron chi connectivity index (χ4n) is 10.7. The van der Waals surface area contributed by atoms with Crippen LogP contribution in [0.3, 0.4) is 0 Å². The highest BCUT2D eigenvalue weighted by atomic mass is 15.2. The van der Waals surface area contributed by atoms with E-state index in [4.69, 9.17) is 0 Å². The van der Waals surface area contributed by atoms with E-state index in [1.165, 1.54) is 94.4 Å². The van der Waals surface area contributed by atoms with Crippen molar-refractivity contribution in [2.45, 2.75) is 5.41 Å². The Morgan fingerprint density at radius 3 is 1.75 bits per heavy atom. The maximum Gasteiger partial charge on any atom is 0.120 e. The Bertz CT molecular complexity index is 3180. The van der Waals surface area contributed by atoms with Gasteiger partial charge in [0.05, 0.1) is 27.8 Å². The topological polar surface area (TPSA) is 33.9 Å². The molecular weight excluding hydrogens is 693 g/mol. The third kappa shape index (κ3) is 3.96. The van der Waals surface area contributed by atoms with Gasteiger partial charge < -0.3 is 15.2 Å². The molecule has 0 unspecified atom stereocenters. The van der Waals surface area contributed by atoms with Gasteiger partial charge in [-0.2, -0.15) is 0 Å². The number of para-hydroxylation sites is 1. The summed E-state index contributed by atoms with van der Waals surface area (Å²) in [5.41, 5.74) is 21.2. The second-order valence-corrected chi connectivity index (χ2v) is 15.6. The molecule has 4 aliphatic rings. The van der Waals surface area contributed by atoms with Crippen molar-refractivity contribution in [1.29, 1.82) is 0 Å². The van der Waals surface area contributed by atoms with Gasteiger partial charge in [0.2, 0.25) is 0 Å². The first-order valence-electron chi connectivity index (χ1n) is 20.0. The van der Waals surface area contributed by atoms with Crippen LogP contribution in [0.15, 0.2) is 170 Å². The highest BCUT2D eigenvalue weighted by molar-refractivity contribution is 6.16. The molecule has 0 radical (unpaired) electrons. The van der Waals surface area contributed by atoms with Crippen LogP contribution >= 0.6 is 0 Å². The normalized spacial score (nSPS) is 14.8. The number of fused-ring (bicyclic) bond motifs is 17. The molecular formula is C53H36N4. The predicted molar refractivity (Wildman–Crippen MR) is 237 cm³/mol. The number of benzene rings is 7. The Labute approximate surface area is 330 Å². The number of hydrogen-bond donors (Lipinski definition) is 2. The van der Waals surface area contributed by atoms with E-state index in [2.05, 4.69) is 202 Å². The van der Waals surface area contributed by atoms with Crippen molar-refractivity contribution in [1.82, 2.24) is 9.13 Å². The molecule has 13 rings (SSSR count). The minimum atomic E-state index is -0.385. The standard InChI is InChI=1S/C53H36N4/c1-5-16-43-37(11-1)38-12-2-6-17-44(38)53(43)45-18-7-3-14-41(45)49-46(53)30-29-40-39-13-4-8-19-47(39)56(51(40)49)35-25-21-33(22-26-35)34-23-27-36(28-24-34)57-48-20-10-31-54-50(48)42-15-9-32-55-52(42)57/h1-30,54-55H,31-32H2. The van der Waals surface area contributed by atoms with Gasteiger partial charge in [-0.05, 0) is 86.5 Å². The molecule has 0 fully saturated rings. The molecule has 1 spiro atoms. The largest absolute Gasteiger partial charge is 0.379 e. The second kappa shape index (κ2) is 11.4. The summed E-state index contributed by atoms with van der Waals surface area (Å²) in [6.45, 7) is 1.68. The highest BCUT2D eigenvalue weighted by Gasteiger charge is 2.52. The van der Waals surface area contributed by atoms with Gasteiger partial charge in [-0.1, -0.05) is 146 Å². The zero-order valence-corrected chi connectivity index (χ0v) is 31.1. The van der Waals surface area contributed by atoms with E-state index >= 15 is 0 Å². The molecule has 2 N–H and O–H groups in total. The molecule has 0 saturated heterocycles. The SMILES string of the molecule is C1=Cc2c(c3c(n2-c2ccc(-c4ccc(-n5c6ccccc6c6ccc7c(c65)-c5ccccc5C75c6ccccc6-c6ccccc65)cc4)cc2)NCC=C3)NC1. The van der Waals surface area contributed by atoms with Crippen LogP contribution in [-0.2, 0) is 5.41 Å². The highest BCUT2D eigenvalue weighted by Crippen LogP contribution is 2.64. The minimum absolute atomic E-state index is 0.385. The zero-order chi connectivity index (χ0) is 37.2. The van der Waals surface area contributed by atoms with Gasteiger partial charge in [-0.25, -0.2) is 0 Å². The lowest BCUT2D eigenvalue weighted by molar-refractivity contribution is 0.794. The van der Waals surface area contributed by atoms with Crippen molar-refractivity contribution >= 4 is 45.5 Å². The van der Waals surface area contributed by atoms with Crippen LogP contribution in [0, 0.1) is 0 Å². The Morgan fingerprint density at radius 1 is 0.456 bits per heavy atom. The van der Waals surface area contributed by atoms with Crippen LogP contribution in [0.25, 0.3) is 78.7 Å². The van der Waals surface area contributed by atoms with Crippen LogP contribution in [-0.4, -0.2) is 22.2 Å². The summed E-state index contributed by atoms with van der Waals surface area (Å²) in [5, 5.41) is 9.76. The number of anilines is 2. The summed E-state index contributed by atoms with van der Waals surface area (Å²) in [6, 6.07) is 59.1. The van der Waals surface area contributed by atoms with Crippen molar-refractivity contribution in [3.05, 3.63) is 203 Å². The van der Waals surface area contributed by atoms with E-state index in [-0.39, 0.29) is 5.41 Å². The first-order chi connectivity index (χ1) is 28.3. The molecule has 4 heterocycles. The molecule has 0 atom stereocenters. The van der Waals surface area contributed by atoms with E-state index in [9.17, 15) is 0 Å². The van der Waals surface area contributed by atoms with Crippen LogP contribution in [0.5, 0.6) is 0 Å². The molecule has 0 bridgehead atoms. The van der Waals surface area contributed by atoms with Crippen LogP contribution in [0.2, 0.25) is 0 Å². The average Bonchev–Trinajstić information content (AvgIpc) is 3.99. The number of nitrogens with zero attached hydrogens (tertiary/aromatic N) is 2. The van der Waals surface area contributed by atoms with Crippen molar-refractivity contribution in [2.24, 2.45) is 0 Å². The van der Waals surface area contributed by atoms with Crippen LogP contribution in [0.4, 0.5) is 11.5 Å². The molecule has 2 aromatic heterocycles. The molecule has 7 aromatic carbocycles. The zero-order valence-electron chi connectivity index (χ0n) is 31.1. The van der Waals surface area contributed by atoms with Crippen molar-refractivity contribution < 1.29 is 0 Å². The molecule has 268 valence electrons. The summed E-state index contributed by atoms with van der Waals surface area (Å²) in [4.78, 5) is 0. The molecule has 57 heavy (non-hydrogen) atoms. The summed E-state index contributed by atoms with van der Waals surface area (Å²) < 4.78 is 4.86. The molecule has 2 aliphatic carbocycles. The second-order valence-electron chi connectivity index (χ2n) is 15.6. The lowest BCUT2D eigenvalue weighted by atomic mass is 9.70. The van der Waals surface area contributed by atoms with E-state index in [0.717, 1.165) is 30.3 Å². The Kier molecular flexibility index (Phi) is 6.18. The number of nitrogens with one attached hydrogen (secondary N) is 2. The molecule has 0 saturated carbocycles. The first-order valence-corrected chi connectivity index (χ1v) is 20.0. The fourth-order valence-corrected chi connectivity index (χ4v) is 10.7. The van der Waals surface area contributed by atoms with Crippen LogP contribution in [0.1, 0.15) is 33.5 Å². The van der Waals surface area contributed by atoms with E-state index in [1.54, 1.807) is 0 Å². The van der Waals surface area contributed by atoms with Gasteiger partial charge in [0, 0.05) is 46.4 Å². The predicted octanol–water partition coefficient (Wildman–Crippen LogP) is 12.5. The average molecular weight is 729 g/mol. The quantitative estimate of drug-likeness (QED) is 0.190. The summed E-state index contributed by atoms with van der Waals surface area (Å²) in [6.07, 6.45) is 8.85. The molecule has 4 heteroatoms. The number of aromatic nitrogens is 2. The van der Waals surface area contributed by atoms with Crippen molar-refractivity contribution in [3.8, 4) is 44.8 Å². The number of hydrogen-bond acceptors (Lipinski definition) is 2. The molecule has 0 amide bonds. The van der Waals surface area contributed by atoms with E-state index in [0.29, 0.717) is 0 Å². The maximum atomic E-state index is 3.62. The molecule has 9 aromatic rings. The maximum absolute atomic E-state index is 3.62. The Morgan fingerprint density at radius 2 is 1.04 bits per heavy atom. The molecule has 4 nitrogen and oxygen atoms in total. The lowest BCUT2D eigenvalue weighted by Crippen LogP contribution is -2.25. The lowest BCUT2D eigenvalue weighted by Gasteiger charge is -2.30. The number of rotatable bonds is 3. The first kappa shape index (κ1) is 31.0. The van der Waals surface area contributed by atoms with Crippen molar-refractivity contribution in [3.63, 3.8) is 0 Å². The Hall–Kier alpha value is -7.30.